The van der Waals surface area contributed by atoms with Gasteiger partial charge in [0.15, 0.2) is 0 Å². The first kappa shape index (κ1) is 19.0. The van der Waals surface area contributed by atoms with Crippen LogP contribution in [0.3, 0.4) is 0 Å². The summed E-state index contributed by atoms with van der Waals surface area (Å²) in [5.74, 6) is -0.910. The predicted molar refractivity (Wildman–Crippen MR) is 94.9 cm³/mol. The summed E-state index contributed by atoms with van der Waals surface area (Å²) in [6.45, 7) is 12.3. The Morgan fingerprint density at radius 1 is 1.16 bits per heavy atom. The number of aryl methyl sites for hydroxylation is 1. The summed E-state index contributed by atoms with van der Waals surface area (Å²) in [5.41, 5.74) is 0.943. The lowest BCUT2D eigenvalue weighted by Crippen LogP contribution is -2.51. The molecule has 1 aromatic carbocycles. The molecule has 0 aromatic heterocycles. The molecule has 1 aliphatic heterocycles. The number of benzene rings is 1. The number of carbonyl (C=O) groups excluding carboxylic acids is 2. The van der Waals surface area contributed by atoms with E-state index in [1.165, 1.54) is 12.1 Å². The Morgan fingerprint density at radius 2 is 1.72 bits per heavy atom. The lowest BCUT2D eigenvalue weighted by Gasteiger charge is -2.35. The first-order valence-electron chi connectivity index (χ1n) is 8.32. The maximum absolute atomic E-state index is 14.2. The largest absolute Gasteiger partial charge is 0.444 e. The van der Waals surface area contributed by atoms with Crippen LogP contribution in [0.1, 0.15) is 42.3 Å². The van der Waals surface area contributed by atoms with E-state index >= 15 is 0 Å². The molecule has 1 saturated heterocycles. The molecule has 2 rings (SSSR count). The van der Waals surface area contributed by atoms with Gasteiger partial charge in [0.25, 0.3) is 5.91 Å². The Morgan fingerprint density at radius 3 is 2.24 bits per heavy atom. The lowest BCUT2D eigenvalue weighted by molar-refractivity contribution is 0.0140. The minimum absolute atomic E-state index is 0.0335. The monoisotopic (exact) mass is 348 g/mol. The third-order valence-corrected chi connectivity index (χ3v) is 4.02. The lowest BCUT2D eigenvalue weighted by atomic mass is 10.0. The van der Waals surface area contributed by atoms with E-state index in [9.17, 15) is 14.0 Å². The van der Waals surface area contributed by atoms with Gasteiger partial charge in [0, 0.05) is 26.2 Å². The average Bonchev–Trinajstić information content (AvgIpc) is 2.53. The number of hydrogen-bond acceptors (Lipinski definition) is 3. The van der Waals surface area contributed by atoms with Crippen molar-refractivity contribution in [3.8, 4) is 0 Å². The minimum Gasteiger partial charge on any atom is -0.444 e. The molecular formula is C19H25FN2O3. The molecule has 2 amide bonds. The van der Waals surface area contributed by atoms with Gasteiger partial charge in [-0.3, -0.25) is 4.79 Å². The molecular weight excluding hydrogens is 323 g/mol. The van der Waals surface area contributed by atoms with Crippen LogP contribution in [0.2, 0.25) is 0 Å². The van der Waals surface area contributed by atoms with E-state index < -0.39 is 17.5 Å². The van der Waals surface area contributed by atoms with Crippen LogP contribution in [-0.4, -0.2) is 53.6 Å². The number of nitrogens with zero attached hydrogens (tertiary/aromatic N) is 2. The Balaban J connectivity index is 2.05. The topological polar surface area (TPSA) is 49.9 Å². The smallest absolute Gasteiger partial charge is 0.410 e. The van der Waals surface area contributed by atoms with E-state index in [-0.39, 0.29) is 11.5 Å². The summed E-state index contributed by atoms with van der Waals surface area (Å²) < 4.78 is 19.5. The first-order chi connectivity index (χ1) is 11.6. The average molecular weight is 348 g/mol. The fourth-order valence-electron chi connectivity index (χ4n) is 2.66. The van der Waals surface area contributed by atoms with Crippen LogP contribution >= 0.6 is 0 Å². The number of rotatable bonds is 2. The molecule has 136 valence electrons. The molecule has 0 aliphatic carbocycles. The van der Waals surface area contributed by atoms with Gasteiger partial charge in [-0.15, -0.1) is 0 Å². The van der Waals surface area contributed by atoms with E-state index in [4.69, 9.17) is 4.74 Å². The number of carbonyl (C=O) groups is 2. The number of hydrogen-bond donors (Lipinski definition) is 0. The fraction of sp³-hybridized carbons (Fsp3) is 0.474. The van der Waals surface area contributed by atoms with Crippen molar-refractivity contribution in [1.29, 1.82) is 0 Å². The van der Waals surface area contributed by atoms with Crippen molar-refractivity contribution in [2.24, 2.45) is 0 Å². The van der Waals surface area contributed by atoms with Crippen molar-refractivity contribution < 1.29 is 18.7 Å². The Hall–Kier alpha value is -2.37. The third-order valence-electron chi connectivity index (χ3n) is 4.02. The number of halogens is 1. The summed E-state index contributed by atoms with van der Waals surface area (Å²) in [6, 6.07) is 2.88. The zero-order chi connectivity index (χ0) is 18.8. The van der Waals surface area contributed by atoms with E-state index in [2.05, 4.69) is 6.58 Å². The summed E-state index contributed by atoms with van der Waals surface area (Å²) in [4.78, 5) is 27.8. The first-order valence-corrected chi connectivity index (χ1v) is 8.32. The Kier molecular flexibility index (Phi) is 5.50. The second kappa shape index (κ2) is 7.25. The summed E-state index contributed by atoms with van der Waals surface area (Å²) >= 11 is 0. The number of piperazine rings is 1. The summed E-state index contributed by atoms with van der Waals surface area (Å²) in [6.07, 6.45) is 1.21. The second-order valence-corrected chi connectivity index (χ2v) is 7.15. The van der Waals surface area contributed by atoms with Gasteiger partial charge in [-0.1, -0.05) is 12.7 Å². The van der Waals surface area contributed by atoms with Crippen LogP contribution in [0.5, 0.6) is 0 Å². The normalized spacial score (nSPS) is 15.1. The molecule has 0 bridgehead atoms. The van der Waals surface area contributed by atoms with Gasteiger partial charge in [0.05, 0.1) is 5.56 Å². The molecule has 0 saturated carbocycles. The molecule has 1 aliphatic rings. The second-order valence-electron chi connectivity index (χ2n) is 7.15. The summed E-state index contributed by atoms with van der Waals surface area (Å²) in [5, 5.41) is 0. The molecule has 25 heavy (non-hydrogen) atoms. The van der Waals surface area contributed by atoms with Gasteiger partial charge < -0.3 is 14.5 Å². The Labute approximate surface area is 148 Å². The molecule has 0 atom stereocenters. The standard InChI is InChI=1S/C19H25FN2O3/c1-6-14-12-15(16(20)11-13(14)2)17(23)21-7-9-22(10-8-21)18(24)25-19(3,4)5/h6,11-12H,1,7-10H2,2-5H3. The van der Waals surface area contributed by atoms with Crippen molar-refractivity contribution >= 4 is 18.1 Å². The van der Waals surface area contributed by atoms with E-state index in [0.717, 1.165) is 11.1 Å². The zero-order valence-electron chi connectivity index (χ0n) is 15.3. The molecule has 0 radical (unpaired) electrons. The fourth-order valence-corrected chi connectivity index (χ4v) is 2.66. The molecule has 0 spiro atoms. The van der Waals surface area contributed by atoms with Crippen LogP contribution in [0, 0.1) is 12.7 Å². The van der Waals surface area contributed by atoms with Crippen molar-refractivity contribution in [3.05, 3.63) is 41.2 Å². The SMILES string of the molecule is C=Cc1cc(C(=O)N2CCN(C(=O)OC(C)(C)C)CC2)c(F)cc1C. The summed E-state index contributed by atoms with van der Waals surface area (Å²) in [7, 11) is 0. The molecule has 1 aromatic rings. The Bertz CT molecular complexity index is 687. The van der Waals surface area contributed by atoms with Crippen LogP contribution in [0.4, 0.5) is 9.18 Å². The van der Waals surface area contributed by atoms with Crippen molar-refractivity contribution in [2.75, 3.05) is 26.2 Å². The highest BCUT2D eigenvalue weighted by Gasteiger charge is 2.29. The predicted octanol–water partition coefficient (Wildman–Crippen LogP) is 3.47. The van der Waals surface area contributed by atoms with Crippen LogP contribution < -0.4 is 0 Å². The minimum atomic E-state index is -0.559. The van der Waals surface area contributed by atoms with Gasteiger partial charge in [-0.25, -0.2) is 9.18 Å². The van der Waals surface area contributed by atoms with Crippen LogP contribution in [0.15, 0.2) is 18.7 Å². The van der Waals surface area contributed by atoms with Crippen molar-refractivity contribution in [1.82, 2.24) is 9.80 Å². The molecule has 5 nitrogen and oxygen atoms in total. The van der Waals surface area contributed by atoms with E-state index in [0.29, 0.717) is 26.2 Å². The van der Waals surface area contributed by atoms with Crippen LogP contribution in [0.25, 0.3) is 6.08 Å². The maximum Gasteiger partial charge on any atom is 0.410 e. The third kappa shape index (κ3) is 4.59. The quantitative estimate of drug-likeness (QED) is 0.822. The molecule has 0 unspecified atom stereocenters. The van der Waals surface area contributed by atoms with Crippen molar-refractivity contribution in [3.63, 3.8) is 0 Å². The van der Waals surface area contributed by atoms with Gasteiger partial charge >= 0.3 is 6.09 Å². The van der Waals surface area contributed by atoms with Crippen molar-refractivity contribution in [2.45, 2.75) is 33.3 Å². The van der Waals surface area contributed by atoms with Gasteiger partial charge in [0.1, 0.15) is 11.4 Å². The molecule has 1 heterocycles. The van der Waals surface area contributed by atoms with Gasteiger partial charge in [0.2, 0.25) is 0 Å². The van der Waals surface area contributed by atoms with E-state index in [1.54, 1.807) is 22.8 Å². The molecule has 0 N–H and O–H groups in total. The van der Waals surface area contributed by atoms with Gasteiger partial charge in [-0.05, 0) is 51.0 Å². The number of amides is 2. The highest BCUT2D eigenvalue weighted by atomic mass is 19.1. The van der Waals surface area contributed by atoms with Crippen LogP contribution in [-0.2, 0) is 4.74 Å². The van der Waals surface area contributed by atoms with Gasteiger partial charge in [-0.2, -0.15) is 0 Å². The molecule has 1 fully saturated rings. The highest BCUT2D eigenvalue weighted by Crippen LogP contribution is 2.19. The molecule has 6 heteroatoms. The van der Waals surface area contributed by atoms with E-state index in [1.807, 2.05) is 20.8 Å². The number of ether oxygens (including phenoxy) is 1. The zero-order valence-corrected chi connectivity index (χ0v) is 15.3. The maximum atomic E-state index is 14.2. The highest BCUT2D eigenvalue weighted by molar-refractivity contribution is 5.95.